The molecule has 72 valence electrons. The lowest BCUT2D eigenvalue weighted by atomic mass is 10.3. The van der Waals surface area contributed by atoms with Crippen molar-refractivity contribution in [2.75, 3.05) is 5.73 Å². The quantitative estimate of drug-likeness (QED) is 0.641. The van der Waals surface area contributed by atoms with E-state index < -0.39 is 0 Å². The Morgan fingerprint density at radius 1 is 1.29 bits per heavy atom. The normalized spacial score (nSPS) is 10.3. The lowest BCUT2D eigenvalue weighted by Crippen LogP contribution is -1.83. The van der Waals surface area contributed by atoms with Crippen molar-refractivity contribution in [2.45, 2.75) is 10.6 Å². The molecule has 2 aromatic rings. The topological polar surface area (TPSA) is 38.9 Å². The van der Waals surface area contributed by atoms with Crippen LogP contribution >= 0.6 is 23.1 Å². The van der Waals surface area contributed by atoms with Gasteiger partial charge in [-0.15, -0.1) is 23.1 Å². The van der Waals surface area contributed by atoms with Gasteiger partial charge in [-0.25, -0.2) is 4.98 Å². The molecule has 0 bridgehead atoms. The Bertz CT molecular complexity index is 381. The molecule has 14 heavy (non-hydrogen) atoms. The molecule has 2 N–H and O–H groups in total. The van der Waals surface area contributed by atoms with Gasteiger partial charge in [-0.1, -0.05) is 0 Å². The van der Waals surface area contributed by atoms with Gasteiger partial charge in [-0.2, -0.15) is 0 Å². The van der Waals surface area contributed by atoms with Crippen molar-refractivity contribution in [1.29, 1.82) is 0 Å². The fourth-order valence-corrected chi connectivity index (χ4v) is 2.58. The molecular formula is C10H10N2S2. The van der Waals surface area contributed by atoms with Crippen molar-refractivity contribution >= 4 is 28.8 Å². The number of hydrogen-bond acceptors (Lipinski definition) is 4. The fourth-order valence-electron chi connectivity index (χ4n) is 1.03. The number of nitrogen functional groups attached to an aromatic ring is 1. The highest BCUT2D eigenvalue weighted by atomic mass is 32.2. The summed E-state index contributed by atoms with van der Waals surface area (Å²) in [5.41, 5.74) is 6.41. The Morgan fingerprint density at radius 3 is 2.71 bits per heavy atom. The van der Waals surface area contributed by atoms with Gasteiger partial charge in [-0.3, -0.25) is 0 Å². The summed E-state index contributed by atoms with van der Waals surface area (Å²) in [4.78, 5) is 5.45. The molecule has 0 saturated heterocycles. The summed E-state index contributed by atoms with van der Waals surface area (Å²) in [6.07, 6.45) is 1.84. The van der Waals surface area contributed by atoms with Gasteiger partial charge in [0, 0.05) is 22.2 Å². The molecule has 0 unspecified atom stereocenters. The van der Waals surface area contributed by atoms with Crippen LogP contribution in [0.5, 0.6) is 0 Å². The third-order valence-electron chi connectivity index (χ3n) is 1.73. The highest BCUT2D eigenvalue weighted by molar-refractivity contribution is 7.98. The second-order valence-corrected chi connectivity index (χ2v) is 4.81. The Labute approximate surface area is 91.2 Å². The minimum atomic E-state index is 0.809. The number of anilines is 1. The van der Waals surface area contributed by atoms with Crippen molar-refractivity contribution in [1.82, 2.24) is 4.98 Å². The first-order valence-corrected chi connectivity index (χ1v) is 6.08. The summed E-state index contributed by atoms with van der Waals surface area (Å²) in [5, 5.41) is 3.16. The lowest BCUT2D eigenvalue weighted by Gasteiger charge is -1.99. The minimum Gasteiger partial charge on any atom is -0.399 e. The third-order valence-corrected chi connectivity index (χ3v) is 3.71. The van der Waals surface area contributed by atoms with Crippen LogP contribution in [0.1, 0.15) is 5.01 Å². The SMILES string of the molecule is Nc1ccc(SCc2nccs2)cc1. The van der Waals surface area contributed by atoms with Crippen molar-refractivity contribution in [3.63, 3.8) is 0 Å². The zero-order valence-electron chi connectivity index (χ0n) is 7.51. The van der Waals surface area contributed by atoms with Crippen LogP contribution < -0.4 is 5.73 Å². The molecule has 0 fully saturated rings. The van der Waals surface area contributed by atoms with Crippen LogP contribution in [-0.2, 0) is 5.75 Å². The molecule has 2 nitrogen and oxygen atoms in total. The smallest absolute Gasteiger partial charge is 0.103 e. The standard InChI is InChI=1S/C10H10N2S2/c11-8-1-3-9(4-2-8)14-7-10-12-5-6-13-10/h1-6H,7,11H2. The van der Waals surface area contributed by atoms with Crippen LogP contribution in [0.2, 0.25) is 0 Å². The molecule has 4 heteroatoms. The molecule has 1 aromatic carbocycles. The van der Waals surface area contributed by atoms with Gasteiger partial charge >= 0.3 is 0 Å². The Morgan fingerprint density at radius 2 is 2.07 bits per heavy atom. The first-order valence-electron chi connectivity index (χ1n) is 4.21. The summed E-state index contributed by atoms with van der Waals surface area (Å²) in [6.45, 7) is 0. The predicted molar refractivity (Wildman–Crippen MR) is 62.5 cm³/mol. The third kappa shape index (κ3) is 2.49. The van der Waals surface area contributed by atoms with Crippen molar-refractivity contribution in [3.05, 3.63) is 40.8 Å². The Kier molecular flexibility index (Phi) is 3.06. The van der Waals surface area contributed by atoms with E-state index in [-0.39, 0.29) is 0 Å². The molecule has 0 radical (unpaired) electrons. The Balaban J connectivity index is 1.95. The largest absolute Gasteiger partial charge is 0.399 e. The van der Waals surface area contributed by atoms with E-state index >= 15 is 0 Å². The predicted octanol–water partition coefficient (Wildman–Crippen LogP) is 3.02. The van der Waals surface area contributed by atoms with E-state index in [0.29, 0.717) is 0 Å². The van der Waals surface area contributed by atoms with E-state index in [1.807, 2.05) is 35.8 Å². The molecule has 1 heterocycles. The number of benzene rings is 1. The monoisotopic (exact) mass is 222 g/mol. The van der Waals surface area contributed by atoms with Crippen molar-refractivity contribution < 1.29 is 0 Å². The second kappa shape index (κ2) is 4.48. The summed E-state index contributed by atoms with van der Waals surface area (Å²) in [5.74, 6) is 0.932. The first kappa shape index (κ1) is 9.55. The summed E-state index contributed by atoms with van der Waals surface area (Å²) < 4.78 is 0. The maximum absolute atomic E-state index is 5.60. The average molecular weight is 222 g/mol. The zero-order chi connectivity index (χ0) is 9.80. The van der Waals surface area contributed by atoms with E-state index in [0.717, 1.165) is 16.4 Å². The second-order valence-electron chi connectivity index (χ2n) is 2.78. The van der Waals surface area contributed by atoms with Gasteiger partial charge in [0.05, 0.1) is 5.75 Å². The first-order chi connectivity index (χ1) is 6.84. The molecule has 0 amide bonds. The van der Waals surface area contributed by atoms with Crippen molar-refractivity contribution in [3.8, 4) is 0 Å². The van der Waals surface area contributed by atoms with Crippen LogP contribution in [0.15, 0.2) is 40.7 Å². The molecule has 1 aromatic heterocycles. The van der Waals surface area contributed by atoms with Gasteiger partial charge in [0.2, 0.25) is 0 Å². The summed E-state index contributed by atoms with van der Waals surface area (Å²) >= 11 is 3.47. The lowest BCUT2D eigenvalue weighted by molar-refractivity contribution is 1.26. The van der Waals surface area contributed by atoms with E-state index in [9.17, 15) is 0 Å². The van der Waals surface area contributed by atoms with Gasteiger partial charge < -0.3 is 5.73 Å². The maximum Gasteiger partial charge on any atom is 0.103 e. The highest BCUT2D eigenvalue weighted by Gasteiger charge is 1.97. The molecule has 0 aliphatic heterocycles. The molecule has 2 rings (SSSR count). The molecule has 0 aliphatic rings. The van der Waals surface area contributed by atoms with Crippen LogP contribution in [0, 0.1) is 0 Å². The number of rotatable bonds is 3. The van der Waals surface area contributed by atoms with E-state index in [4.69, 9.17) is 5.73 Å². The number of nitrogens with two attached hydrogens (primary N) is 1. The number of nitrogens with zero attached hydrogens (tertiary/aromatic N) is 1. The number of thiazole rings is 1. The number of thioether (sulfide) groups is 1. The van der Waals surface area contributed by atoms with Crippen molar-refractivity contribution in [2.24, 2.45) is 0 Å². The maximum atomic E-state index is 5.60. The van der Waals surface area contributed by atoms with Gasteiger partial charge in [0.1, 0.15) is 5.01 Å². The number of aromatic nitrogens is 1. The molecule has 0 atom stereocenters. The van der Waals surface area contributed by atoms with Crippen LogP contribution in [0.25, 0.3) is 0 Å². The zero-order valence-corrected chi connectivity index (χ0v) is 9.15. The highest BCUT2D eigenvalue weighted by Crippen LogP contribution is 2.24. The fraction of sp³-hybridized carbons (Fsp3) is 0.100. The van der Waals surface area contributed by atoms with E-state index in [2.05, 4.69) is 4.98 Å². The summed E-state index contributed by atoms with van der Waals surface area (Å²) in [7, 11) is 0. The van der Waals surface area contributed by atoms with Crippen LogP contribution in [0.3, 0.4) is 0 Å². The Hall–Kier alpha value is -1.00. The number of hydrogen-bond donors (Lipinski definition) is 1. The van der Waals surface area contributed by atoms with Gasteiger partial charge in [-0.05, 0) is 24.3 Å². The molecule has 0 aliphatic carbocycles. The average Bonchev–Trinajstić information content (AvgIpc) is 2.70. The van der Waals surface area contributed by atoms with Gasteiger partial charge in [0.25, 0.3) is 0 Å². The minimum absolute atomic E-state index is 0.809. The van der Waals surface area contributed by atoms with Crippen LogP contribution in [0.4, 0.5) is 5.69 Å². The molecule has 0 spiro atoms. The van der Waals surface area contributed by atoms with Gasteiger partial charge in [0.15, 0.2) is 0 Å². The van der Waals surface area contributed by atoms with E-state index in [1.54, 1.807) is 23.1 Å². The van der Waals surface area contributed by atoms with Crippen LogP contribution in [-0.4, -0.2) is 4.98 Å². The molecular weight excluding hydrogens is 212 g/mol. The summed E-state index contributed by atoms with van der Waals surface area (Å²) in [6, 6.07) is 7.91. The van der Waals surface area contributed by atoms with E-state index in [1.165, 1.54) is 4.90 Å². The molecule has 0 saturated carbocycles.